The van der Waals surface area contributed by atoms with Crippen molar-refractivity contribution in [3.8, 4) is 0 Å². The molecule has 1 unspecified atom stereocenters. The van der Waals surface area contributed by atoms with E-state index in [-0.39, 0.29) is 11.8 Å². The lowest BCUT2D eigenvalue weighted by molar-refractivity contribution is -0.137. The third kappa shape index (κ3) is 4.68. The van der Waals surface area contributed by atoms with Crippen LogP contribution in [0.25, 0.3) is 0 Å². The molecule has 1 atom stereocenters. The molecule has 6 nitrogen and oxygen atoms in total. The fourth-order valence-corrected chi connectivity index (χ4v) is 3.30. The highest BCUT2D eigenvalue weighted by Crippen LogP contribution is 2.17. The van der Waals surface area contributed by atoms with Crippen molar-refractivity contribution in [2.45, 2.75) is 38.6 Å². The van der Waals surface area contributed by atoms with E-state index < -0.39 is 0 Å². The van der Waals surface area contributed by atoms with E-state index in [9.17, 15) is 9.59 Å². The maximum Gasteiger partial charge on any atom is 0.236 e. The highest BCUT2D eigenvalue weighted by Gasteiger charge is 2.27. The van der Waals surface area contributed by atoms with Crippen molar-refractivity contribution in [2.24, 2.45) is 0 Å². The number of piperidine rings is 1. The molecule has 0 saturated carbocycles. The number of amides is 2. The van der Waals surface area contributed by atoms with Gasteiger partial charge < -0.3 is 15.1 Å². The van der Waals surface area contributed by atoms with Crippen molar-refractivity contribution in [1.82, 2.24) is 20.0 Å². The highest BCUT2D eigenvalue weighted by atomic mass is 16.2. The first-order chi connectivity index (χ1) is 10.6. The molecule has 2 rings (SSSR count). The number of hydrogen-bond acceptors (Lipinski definition) is 4. The summed E-state index contributed by atoms with van der Waals surface area (Å²) in [6, 6.07) is 0.380. The Balaban J connectivity index is 1.72. The van der Waals surface area contributed by atoms with Crippen LogP contribution in [0.5, 0.6) is 0 Å². The third-order valence-electron chi connectivity index (χ3n) is 4.80. The Kier molecular flexibility index (Phi) is 6.64. The number of nitrogens with zero attached hydrogens (tertiary/aromatic N) is 3. The Morgan fingerprint density at radius 3 is 2.41 bits per heavy atom. The second-order valence-electron chi connectivity index (χ2n) is 6.44. The van der Waals surface area contributed by atoms with Gasteiger partial charge in [-0.3, -0.25) is 14.5 Å². The second-order valence-corrected chi connectivity index (χ2v) is 6.44. The molecule has 0 aromatic rings. The summed E-state index contributed by atoms with van der Waals surface area (Å²) in [7, 11) is 1.86. The minimum Gasteiger partial charge on any atom is -0.340 e. The summed E-state index contributed by atoms with van der Waals surface area (Å²) in [5, 5.41) is 3.00. The Morgan fingerprint density at radius 1 is 1.05 bits per heavy atom. The third-order valence-corrected chi connectivity index (χ3v) is 4.80. The maximum absolute atomic E-state index is 12.4. The van der Waals surface area contributed by atoms with Crippen LogP contribution in [-0.4, -0.2) is 85.4 Å². The summed E-state index contributed by atoms with van der Waals surface area (Å²) in [6.07, 6.45) is 4.04. The van der Waals surface area contributed by atoms with E-state index in [1.54, 1.807) is 0 Å². The van der Waals surface area contributed by atoms with Crippen LogP contribution in [-0.2, 0) is 9.59 Å². The molecule has 2 amide bonds. The van der Waals surface area contributed by atoms with Crippen molar-refractivity contribution in [2.75, 3.05) is 52.9 Å². The zero-order valence-corrected chi connectivity index (χ0v) is 14.0. The van der Waals surface area contributed by atoms with Crippen molar-refractivity contribution < 1.29 is 9.59 Å². The molecule has 2 fully saturated rings. The van der Waals surface area contributed by atoms with E-state index in [0.29, 0.717) is 19.0 Å². The number of piperazine rings is 1. The Bertz CT molecular complexity index is 380. The van der Waals surface area contributed by atoms with Crippen molar-refractivity contribution in [1.29, 1.82) is 0 Å². The van der Waals surface area contributed by atoms with Gasteiger partial charge in [-0.1, -0.05) is 0 Å². The molecular formula is C16H30N4O2. The topological polar surface area (TPSA) is 55.9 Å². The van der Waals surface area contributed by atoms with Gasteiger partial charge in [0, 0.05) is 51.7 Å². The molecule has 0 aromatic carbocycles. The predicted molar refractivity (Wildman–Crippen MR) is 86.6 cm³/mol. The quantitative estimate of drug-likeness (QED) is 0.785. The normalized spacial score (nSPS) is 23.6. The van der Waals surface area contributed by atoms with Gasteiger partial charge in [0.05, 0.1) is 6.54 Å². The van der Waals surface area contributed by atoms with Gasteiger partial charge in [0.25, 0.3) is 0 Å². The van der Waals surface area contributed by atoms with E-state index in [0.717, 1.165) is 52.1 Å². The molecule has 2 aliphatic rings. The predicted octanol–water partition coefficient (Wildman–Crippen LogP) is 0.141. The maximum atomic E-state index is 12.4. The van der Waals surface area contributed by atoms with Crippen molar-refractivity contribution in [3.63, 3.8) is 0 Å². The van der Waals surface area contributed by atoms with Crippen LogP contribution in [0.15, 0.2) is 0 Å². The van der Waals surface area contributed by atoms with Crippen LogP contribution in [0.3, 0.4) is 0 Å². The van der Waals surface area contributed by atoms with Crippen LogP contribution >= 0.6 is 0 Å². The van der Waals surface area contributed by atoms with Gasteiger partial charge in [-0.2, -0.15) is 0 Å². The van der Waals surface area contributed by atoms with Gasteiger partial charge in [-0.15, -0.1) is 0 Å². The lowest BCUT2D eigenvalue weighted by atomic mass is 10.0. The molecule has 0 spiro atoms. The first kappa shape index (κ1) is 17.2. The van der Waals surface area contributed by atoms with E-state index in [4.69, 9.17) is 0 Å². The zero-order chi connectivity index (χ0) is 15.9. The number of nitrogens with one attached hydrogen (secondary N) is 1. The monoisotopic (exact) mass is 310 g/mol. The summed E-state index contributed by atoms with van der Waals surface area (Å²) < 4.78 is 0. The number of likely N-dealkylation sites (tertiary alicyclic amines) is 1. The summed E-state index contributed by atoms with van der Waals surface area (Å²) in [4.78, 5) is 30.5. The van der Waals surface area contributed by atoms with E-state index in [2.05, 4.69) is 17.1 Å². The minimum atomic E-state index is 0.213. The highest BCUT2D eigenvalue weighted by molar-refractivity contribution is 5.79. The van der Waals surface area contributed by atoms with E-state index in [1.807, 2.05) is 16.8 Å². The molecule has 0 aromatic heterocycles. The zero-order valence-electron chi connectivity index (χ0n) is 14.0. The molecule has 0 aliphatic carbocycles. The smallest absolute Gasteiger partial charge is 0.236 e. The molecule has 22 heavy (non-hydrogen) atoms. The van der Waals surface area contributed by atoms with Crippen molar-refractivity contribution in [3.05, 3.63) is 0 Å². The van der Waals surface area contributed by atoms with Crippen LogP contribution in [0.2, 0.25) is 0 Å². The summed E-state index contributed by atoms with van der Waals surface area (Å²) in [6.45, 7) is 7.38. The lowest BCUT2D eigenvalue weighted by Gasteiger charge is -2.38. The van der Waals surface area contributed by atoms with Crippen LogP contribution in [0.1, 0.15) is 32.6 Å². The average molecular weight is 310 g/mol. The first-order valence-electron chi connectivity index (χ1n) is 8.56. The van der Waals surface area contributed by atoms with Gasteiger partial charge in [-0.25, -0.2) is 0 Å². The molecule has 2 heterocycles. The second kappa shape index (κ2) is 8.48. The number of rotatable bonds is 5. The minimum absolute atomic E-state index is 0.213. The molecule has 0 radical (unpaired) electrons. The fraction of sp³-hybridized carbons (Fsp3) is 0.875. The standard InChI is InChI=1S/C16H30N4O2/c1-14-5-3-4-8-20(14)16(22)13-18-9-11-19(12-10-18)15(21)6-7-17-2/h14,17H,3-13H2,1-2H3. The van der Waals surface area contributed by atoms with E-state index in [1.165, 1.54) is 6.42 Å². The SMILES string of the molecule is CNCCC(=O)N1CCN(CC(=O)N2CCCCC2C)CC1. The van der Waals surface area contributed by atoms with Crippen LogP contribution < -0.4 is 5.32 Å². The van der Waals surface area contributed by atoms with Crippen LogP contribution in [0.4, 0.5) is 0 Å². The number of hydrogen-bond donors (Lipinski definition) is 1. The molecule has 2 aliphatic heterocycles. The molecule has 1 N–H and O–H groups in total. The molecular weight excluding hydrogens is 280 g/mol. The van der Waals surface area contributed by atoms with Gasteiger partial charge >= 0.3 is 0 Å². The lowest BCUT2D eigenvalue weighted by Crippen LogP contribution is -2.53. The Morgan fingerprint density at radius 2 is 1.77 bits per heavy atom. The van der Waals surface area contributed by atoms with Crippen LogP contribution in [0, 0.1) is 0 Å². The van der Waals surface area contributed by atoms with Gasteiger partial charge in [0.2, 0.25) is 11.8 Å². The van der Waals surface area contributed by atoms with Gasteiger partial charge in [0.1, 0.15) is 0 Å². The molecule has 126 valence electrons. The molecule has 6 heteroatoms. The van der Waals surface area contributed by atoms with E-state index >= 15 is 0 Å². The summed E-state index contributed by atoms with van der Waals surface area (Å²) in [5.74, 6) is 0.465. The first-order valence-corrected chi connectivity index (χ1v) is 8.56. The van der Waals surface area contributed by atoms with Crippen molar-refractivity contribution >= 4 is 11.8 Å². The largest absolute Gasteiger partial charge is 0.340 e. The summed E-state index contributed by atoms with van der Waals surface area (Å²) >= 11 is 0. The molecule has 2 saturated heterocycles. The van der Waals surface area contributed by atoms with Gasteiger partial charge in [-0.05, 0) is 33.2 Å². The average Bonchev–Trinajstić information content (AvgIpc) is 2.53. The molecule has 0 bridgehead atoms. The number of carbonyl (C=O) groups is 2. The number of carbonyl (C=O) groups excluding carboxylic acids is 2. The fourth-order valence-electron chi connectivity index (χ4n) is 3.30. The van der Waals surface area contributed by atoms with Gasteiger partial charge in [0.15, 0.2) is 0 Å². The Hall–Kier alpha value is -1.14. The Labute approximate surface area is 133 Å². The summed E-state index contributed by atoms with van der Waals surface area (Å²) in [5.41, 5.74) is 0.